The van der Waals surface area contributed by atoms with Gasteiger partial charge in [0.2, 0.25) is 0 Å². The summed E-state index contributed by atoms with van der Waals surface area (Å²) >= 11 is 0. The van der Waals surface area contributed by atoms with Gasteiger partial charge in [0, 0.05) is 6.26 Å². The van der Waals surface area contributed by atoms with Crippen LogP contribution in [0.3, 0.4) is 0 Å². The first-order valence-corrected chi connectivity index (χ1v) is 7.00. The fraction of sp³-hybridized carbons (Fsp3) is 0.333. The second-order valence-corrected chi connectivity index (χ2v) is 5.18. The van der Waals surface area contributed by atoms with Crippen LogP contribution in [0.4, 0.5) is 0 Å². The summed E-state index contributed by atoms with van der Waals surface area (Å²) in [5, 5.41) is 3.20. The van der Waals surface area contributed by atoms with E-state index in [0.29, 0.717) is 5.17 Å². The Labute approximate surface area is 108 Å². The van der Waals surface area contributed by atoms with Gasteiger partial charge in [-0.2, -0.15) is 0 Å². The lowest BCUT2D eigenvalue weighted by Gasteiger charge is -2.16. The molecule has 1 heterocycles. The fourth-order valence-corrected chi connectivity index (χ4v) is 2.39. The van der Waals surface area contributed by atoms with Crippen molar-refractivity contribution in [2.75, 3.05) is 13.4 Å². The molecule has 0 radical (unpaired) electrons. The zero-order chi connectivity index (χ0) is 13.1. The van der Waals surface area contributed by atoms with Crippen molar-refractivity contribution in [3.8, 4) is 0 Å². The molecule has 1 aliphatic heterocycles. The minimum Gasteiger partial charge on any atom is -0.467 e. The van der Waals surface area contributed by atoms with E-state index in [2.05, 4.69) is 10.3 Å². The molecule has 0 aliphatic carbocycles. The normalized spacial score (nSPS) is 24.0. The van der Waals surface area contributed by atoms with Gasteiger partial charge in [-0.05, 0) is 5.56 Å². The number of benzene rings is 1. The highest BCUT2D eigenvalue weighted by Gasteiger charge is 2.37. The maximum absolute atomic E-state index is 11.7. The van der Waals surface area contributed by atoms with E-state index >= 15 is 0 Å². The van der Waals surface area contributed by atoms with Gasteiger partial charge in [0.15, 0.2) is 11.2 Å². The molecule has 0 spiro atoms. The molecule has 0 aromatic heterocycles. The first-order chi connectivity index (χ1) is 8.63. The Morgan fingerprint density at radius 1 is 1.39 bits per heavy atom. The lowest BCUT2D eigenvalue weighted by Crippen LogP contribution is -2.40. The zero-order valence-corrected chi connectivity index (χ0v) is 10.9. The molecule has 6 heteroatoms. The van der Waals surface area contributed by atoms with E-state index in [1.54, 1.807) is 0 Å². The van der Waals surface area contributed by atoms with Crippen molar-refractivity contribution in [3.63, 3.8) is 0 Å². The highest BCUT2D eigenvalue weighted by molar-refractivity contribution is 7.99. The molecule has 3 atom stereocenters. The van der Waals surface area contributed by atoms with Gasteiger partial charge < -0.3 is 10.1 Å². The molecule has 1 N–H and O–H groups in total. The third-order valence-electron chi connectivity index (χ3n) is 2.72. The molecular formula is C12H14N2O3S. The second kappa shape index (κ2) is 5.30. The van der Waals surface area contributed by atoms with Crippen molar-refractivity contribution in [2.45, 2.75) is 12.1 Å². The monoisotopic (exact) mass is 266 g/mol. The number of hydrogen-bond donors (Lipinski definition) is 1. The molecule has 3 unspecified atom stereocenters. The summed E-state index contributed by atoms with van der Waals surface area (Å²) in [5.41, 5.74) is 0.890. The van der Waals surface area contributed by atoms with E-state index in [0.717, 1.165) is 5.56 Å². The summed E-state index contributed by atoms with van der Waals surface area (Å²) in [6, 6.07) is 8.40. The number of carbonyl (C=O) groups is 1. The summed E-state index contributed by atoms with van der Waals surface area (Å²) in [6.07, 6.45) is 1.52. The predicted molar refractivity (Wildman–Crippen MR) is 69.6 cm³/mol. The van der Waals surface area contributed by atoms with Crippen molar-refractivity contribution in [3.05, 3.63) is 35.9 Å². The van der Waals surface area contributed by atoms with Crippen molar-refractivity contribution in [1.82, 2.24) is 5.32 Å². The summed E-state index contributed by atoms with van der Waals surface area (Å²) in [5.74, 6) is -0.409. The van der Waals surface area contributed by atoms with Crippen LogP contribution in [-0.4, -0.2) is 34.8 Å². The lowest BCUT2D eigenvalue weighted by atomic mass is 10.0. The van der Waals surface area contributed by atoms with E-state index in [9.17, 15) is 9.00 Å². The number of hydrogen-bond acceptors (Lipinski definition) is 5. The third kappa shape index (κ3) is 2.43. The number of nitrogens with zero attached hydrogens (tertiary/aromatic N) is 1. The standard InChI is InChI=1S/C12H14N2O3S/c1-17-11(15)10-9(8-6-4-3-5-7-8)13-12(14-10)18(2)16/h3-7,9-10H,1-2H3,(H,13,14). The number of nitrogens with one attached hydrogen (secondary N) is 1. The van der Waals surface area contributed by atoms with Crippen LogP contribution in [0.1, 0.15) is 11.6 Å². The van der Waals surface area contributed by atoms with Gasteiger partial charge >= 0.3 is 5.97 Å². The van der Waals surface area contributed by atoms with Crippen LogP contribution < -0.4 is 5.32 Å². The molecule has 1 aliphatic rings. The molecule has 0 saturated heterocycles. The minimum atomic E-state index is -1.24. The number of ether oxygens (including phenoxy) is 1. The number of rotatable bonds is 2. The second-order valence-electron chi connectivity index (χ2n) is 3.89. The van der Waals surface area contributed by atoms with E-state index in [1.807, 2.05) is 30.3 Å². The Morgan fingerprint density at radius 3 is 2.61 bits per heavy atom. The van der Waals surface area contributed by atoms with Crippen molar-refractivity contribution >= 4 is 21.9 Å². The topological polar surface area (TPSA) is 67.8 Å². The van der Waals surface area contributed by atoms with Crippen LogP contribution >= 0.6 is 0 Å². The molecule has 2 rings (SSSR count). The van der Waals surface area contributed by atoms with Gasteiger partial charge in [0.05, 0.1) is 17.9 Å². The van der Waals surface area contributed by atoms with Crippen molar-refractivity contribution in [1.29, 1.82) is 0 Å². The number of aliphatic imine (C=N–C) groups is 1. The number of carbonyl (C=O) groups excluding carboxylic acids is 1. The molecule has 1 aromatic rings. The number of amidine groups is 1. The molecule has 0 amide bonds. The zero-order valence-electron chi connectivity index (χ0n) is 10.1. The van der Waals surface area contributed by atoms with Crippen molar-refractivity contribution in [2.24, 2.45) is 4.99 Å². The van der Waals surface area contributed by atoms with Gasteiger partial charge in [-0.3, -0.25) is 4.21 Å². The average Bonchev–Trinajstić information content (AvgIpc) is 2.84. The first kappa shape index (κ1) is 12.8. The highest BCUT2D eigenvalue weighted by atomic mass is 32.2. The average molecular weight is 266 g/mol. The van der Waals surface area contributed by atoms with E-state index in [-0.39, 0.29) is 0 Å². The molecule has 96 valence electrons. The van der Waals surface area contributed by atoms with Gasteiger partial charge in [-0.25, -0.2) is 9.79 Å². The molecule has 0 saturated carbocycles. The Hall–Kier alpha value is -1.69. The highest BCUT2D eigenvalue weighted by Crippen LogP contribution is 2.26. The van der Waals surface area contributed by atoms with Crippen LogP contribution in [-0.2, 0) is 20.3 Å². The molecule has 0 bridgehead atoms. The van der Waals surface area contributed by atoms with Gasteiger partial charge in [0.1, 0.15) is 6.04 Å². The maximum Gasteiger partial charge on any atom is 0.330 e. The van der Waals surface area contributed by atoms with Crippen LogP contribution in [0.25, 0.3) is 0 Å². The maximum atomic E-state index is 11.7. The Kier molecular flexibility index (Phi) is 3.76. The van der Waals surface area contributed by atoms with Gasteiger partial charge in [0.25, 0.3) is 0 Å². The molecule has 0 fully saturated rings. The van der Waals surface area contributed by atoms with Crippen molar-refractivity contribution < 1.29 is 13.7 Å². The predicted octanol–water partition coefficient (Wildman–Crippen LogP) is 0.607. The first-order valence-electron chi connectivity index (χ1n) is 5.44. The number of methoxy groups -OCH3 is 1. The summed E-state index contributed by atoms with van der Waals surface area (Å²) in [7, 11) is 0.0829. The smallest absolute Gasteiger partial charge is 0.330 e. The van der Waals surface area contributed by atoms with Crippen LogP contribution in [0, 0.1) is 0 Å². The summed E-state index contributed by atoms with van der Waals surface area (Å²) in [6.45, 7) is 0. The van der Waals surface area contributed by atoms with Gasteiger partial charge in [-0.15, -0.1) is 0 Å². The largest absolute Gasteiger partial charge is 0.467 e. The van der Waals surface area contributed by atoms with E-state index in [4.69, 9.17) is 4.74 Å². The fourth-order valence-electron chi connectivity index (χ4n) is 1.84. The lowest BCUT2D eigenvalue weighted by molar-refractivity contribution is -0.143. The van der Waals surface area contributed by atoms with Crippen LogP contribution in [0.2, 0.25) is 0 Å². The minimum absolute atomic E-state index is 0.333. The van der Waals surface area contributed by atoms with Crippen LogP contribution in [0.5, 0.6) is 0 Å². The van der Waals surface area contributed by atoms with E-state index < -0.39 is 28.9 Å². The Bertz CT molecular complexity index is 501. The molecule has 5 nitrogen and oxygen atoms in total. The Balaban J connectivity index is 2.34. The van der Waals surface area contributed by atoms with E-state index in [1.165, 1.54) is 13.4 Å². The number of esters is 1. The molecule has 18 heavy (non-hydrogen) atoms. The summed E-state index contributed by atoms with van der Waals surface area (Å²) in [4.78, 5) is 16.0. The summed E-state index contributed by atoms with van der Waals surface area (Å²) < 4.78 is 16.2. The third-order valence-corrected chi connectivity index (χ3v) is 3.49. The van der Waals surface area contributed by atoms with Crippen LogP contribution in [0.15, 0.2) is 35.3 Å². The molecule has 1 aromatic carbocycles. The van der Waals surface area contributed by atoms with Gasteiger partial charge in [-0.1, -0.05) is 30.3 Å². The SMILES string of the molecule is COC(=O)C1NC(S(C)=O)=NC1c1ccccc1. The molecular weight excluding hydrogens is 252 g/mol. The Morgan fingerprint density at radius 2 is 2.06 bits per heavy atom. The quantitative estimate of drug-likeness (QED) is 0.796.